The molecule has 0 atom stereocenters. The van der Waals surface area contributed by atoms with Crippen molar-refractivity contribution in [1.82, 2.24) is 4.90 Å². The summed E-state index contributed by atoms with van der Waals surface area (Å²) in [4.78, 5) is 12.6. The molecule has 0 saturated heterocycles. The van der Waals surface area contributed by atoms with E-state index in [1.54, 1.807) is 24.3 Å². The number of sulfone groups is 1. The maximum absolute atomic E-state index is 11.0. The molecule has 0 aliphatic heterocycles. The lowest BCUT2D eigenvalue weighted by molar-refractivity contribution is 0.0697. The molecule has 0 heterocycles. The molecule has 1 N–H and O–H groups in total. The Morgan fingerprint density at radius 1 is 1.28 bits per heavy atom. The molecule has 0 aliphatic carbocycles. The van der Waals surface area contributed by atoms with Crippen molar-refractivity contribution in [2.24, 2.45) is 0 Å². The molecule has 0 spiro atoms. The van der Waals surface area contributed by atoms with E-state index in [2.05, 4.69) is 0 Å². The zero-order valence-corrected chi connectivity index (χ0v) is 11.3. The molecule has 0 aliphatic rings. The molecule has 1 rings (SSSR count). The van der Waals surface area contributed by atoms with Crippen LogP contribution >= 0.6 is 0 Å². The van der Waals surface area contributed by atoms with Gasteiger partial charge in [-0.3, -0.25) is 0 Å². The number of carboxylic acid groups (broad SMARTS) is 1. The van der Waals surface area contributed by atoms with Crippen LogP contribution in [-0.2, 0) is 16.4 Å². The van der Waals surface area contributed by atoms with Crippen LogP contribution in [0.3, 0.4) is 0 Å². The molecule has 1 aromatic rings. The lowest BCUT2D eigenvalue weighted by atomic mass is 10.1. The molecule has 0 aromatic heterocycles. The van der Waals surface area contributed by atoms with E-state index in [9.17, 15) is 13.2 Å². The molecule has 0 fully saturated rings. The molecule has 0 amide bonds. The summed E-state index contributed by atoms with van der Waals surface area (Å²) in [5.74, 6) is -0.830. The molecule has 0 saturated carbocycles. The van der Waals surface area contributed by atoms with Crippen LogP contribution < -0.4 is 0 Å². The summed E-state index contributed by atoms with van der Waals surface area (Å²) < 4.78 is 22.0. The van der Waals surface area contributed by atoms with Crippen molar-refractivity contribution in [2.75, 3.05) is 25.6 Å². The van der Waals surface area contributed by atoms with E-state index in [-0.39, 0.29) is 11.3 Å². The second kappa shape index (κ2) is 5.97. The van der Waals surface area contributed by atoms with E-state index in [1.807, 2.05) is 11.9 Å². The summed E-state index contributed by atoms with van der Waals surface area (Å²) >= 11 is 0. The topological polar surface area (TPSA) is 74.7 Å². The molecule has 1 aromatic carbocycles. The van der Waals surface area contributed by atoms with Gasteiger partial charge in [0.25, 0.3) is 0 Å². The maximum Gasteiger partial charge on any atom is 0.335 e. The summed E-state index contributed by atoms with van der Waals surface area (Å²) in [5, 5.41) is 8.75. The first-order valence-electron chi connectivity index (χ1n) is 5.46. The van der Waals surface area contributed by atoms with Gasteiger partial charge in [0.2, 0.25) is 0 Å². The molecule has 100 valence electrons. The summed E-state index contributed by atoms with van der Waals surface area (Å²) in [5.41, 5.74) is 1.20. The Hall–Kier alpha value is -1.40. The standard InChI is InChI=1S/C12H17NO4S/c1-13(7-8-18(2,16)17)9-10-3-5-11(6-4-10)12(14)15/h3-6H,7-9H2,1-2H3,(H,14,15). The third-order valence-corrected chi connectivity index (χ3v) is 3.42. The van der Waals surface area contributed by atoms with E-state index < -0.39 is 15.8 Å². The highest BCUT2D eigenvalue weighted by molar-refractivity contribution is 7.90. The number of hydrogen-bond donors (Lipinski definition) is 1. The minimum Gasteiger partial charge on any atom is -0.478 e. The second-order valence-electron chi connectivity index (χ2n) is 4.37. The molecule has 0 radical (unpaired) electrons. The van der Waals surface area contributed by atoms with Gasteiger partial charge in [-0.05, 0) is 24.7 Å². The van der Waals surface area contributed by atoms with Crippen molar-refractivity contribution in [3.63, 3.8) is 0 Å². The van der Waals surface area contributed by atoms with Gasteiger partial charge in [-0.15, -0.1) is 0 Å². The predicted octanol–water partition coefficient (Wildman–Crippen LogP) is 0.861. The zero-order chi connectivity index (χ0) is 13.8. The molecular weight excluding hydrogens is 254 g/mol. The van der Waals surface area contributed by atoms with E-state index in [0.717, 1.165) is 5.56 Å². The number of nitrogens with zero attached hydrogens (tertiary/aromatic N) is 1. The molecule has 0 unspecified atom stereocenters. The number of carbonyl (C=O) groups is 1. The number of carboxylic acids is 1. The first kappa shape index (κ1) is 14.7. The summed E-state index contributed by atoms with van der Waals surface area (Å²) in [7, 11) is -1.12. The van der Waals surface area contributed by atoms with Crippen molar-refractivity contribution >= 4 is 15.8 Å². The van der Waals surface area contributed by atoms with Crippen LogP contribution in [0.2, 0.25) is 0 Å². The Morgan fingerprint density at radius 3 is 2.28 bits per heavy atom. The van der Waals surface area contributed by atoms with E-state index in [1.165, 1.54) is 6.26 Å². The summed E-state index contributed by atoms with van der Waals surface area (Å²) in [6.07, 6.45) is 1.21. The highest BCUT2D eigenvalue weighted by Crippen LogP contribution is 2.07. The Morgan fingerprint density at radius 2 is 1.83 bits per heavy atom. The number of aromatic carboxylic acids is 1. The van der Waals surface area contributed by atoms with Crippen molar-refractivity contribution in [3.8, 4) is 0 Å². The fourth-order valence-corrected chi connectivity index (χ4v) is 2.11. The minimum atomic E-state index is -2.95. The summed E-state index contributed by atoms with van der Waals surface area (Å²) in [6, 6.07) is 6.56. The minimum absolute atomic E-state index is 0.122. The fourth-order valence-electron chi connectivity index (χ4n) is 1.47. The second-order valence-corrected chi connectivity index (χ2v) is 6.63. The Balaban J connectivity index is 2.54. The number of rotatable bonds is 6. The Labute approximate surface area is 107 Å². The largest absolute Gasteiger partial charge is 0.478 e. The van der Waals surface area contributed by atoms with Gasteiger partial charge in [0.1, 0.15) is 9.84 Å². The van der Waals surface area contributed by atoms with Gasteiger partial charge < -0.3 is 10.0 Å². The smallest absolute Gasteiger partial charge is 0.335 e. The molecule has 0 bridgehead atoms. The quantitative estimate of drug-likeness (QED) is 0.830. The highest BCUT2D eigenvalue weighted by Gasteiger charge is 2.07. The lowest BCUT2D eigenvalue weighted by Crippen LogP contribution is -2.24. The fraction of sp³-hybridized carbons (Fsp3) is 0.417. The van der Waals surface area contributed by atoms with Gasteiger partial charge in [0, 0.05) is 19.3 Å². The van der Waals surface area contributed by atoms with Crippen molar-refractivity contribution in [1.29, 1.82) is 0 Å². The molecule has 5 nitrogen and oxygen atoms in total. The third kappa shape index (κ3) is 5.29. The van der Waals surface area contributed by atoms with Gasteiger partial charge in [-0.2, -0.15) is 0 Å². The Bertz CT molecular complexity index is 507. The van der Waals surface area contributed by atoms with E-state index in [4.69, 9.17) is 5.11 Å². The van der Waals surface area contributed by atoms with Crippen molar-refractivity contribution in [3.05, 3.63) is 35.4 Å². The molecule has 18 heavy (non-hydrogen) atoms. The van der Waals surface area contributed by atoms with Gasteiger partial charge in [0.05, 0.1) is 11.3 Å². The van der Waals surface area contributed by atoms with Gasteiger partial charge >= 0.3 is 5.97 Å². The van der Waals surface area contributed by atoms with Gasteiger partial charge in [0.15, 0.2) is 0 Å². The summed E-state index contributed by atoms with van der Waals surface area (Å²) in [6.45, 7) is 1.05. The van der Waals surface area contributed by atoms with Crippen LogP contribution in [0.4, 0.5) is 0 Å². The van der Waals surface area contributed by atoms with Gasteiger partial charge in [-0.25, -0.2) is 13.2 Å². The van der Waals surface area contributed by atoms with Crippen LogP contribution in [0, 0.1) is 0 Å². The Kier molecular flexibility index (Phi) is 4.86. The van der Waals surface area contributed by atoms with Crippen molar-refractivity contribution in [2.45, 2.75) is 6.54 Å². The average Bonchev–Trinajstić information content (AvgIpc) is 2.26. The number of benzene rings is 1. The SMILES string of the molecule is CN(CCS(C)(=O)=O)Cc1ccc(C(=O)O)cc1. The lowest BCUT2D eigenvalue weighted by Gasteiger charge is -2.16. The normalized spacial score (nSPS) is 11.7. The van der Waals surface area contributed by atoms with Crippen LogP contribution in [0.15, 0.2) is 24.3 Å². The first-order valence-corrected chi connectivity index (χ1v) is 7.52. The molecule has 6 heteroatoms. The van der Waals surface area contributed by atoms with Crippen LogP contribution in [0.1, 0.15) is 15.9 Å². The van der Waals surface area contributed by atoms with E-state index in [0.29, 0.717) is 13.1 Å². The first-order chi connectivity index (χ1) is 8.28. The van der Waals surface area contributed by atoms with E-state index >= 15 is 0 Å². The zero-order valence-electron chi connectivity index (χ0n) is 10.5. The highest BCUT2D eigenvalue weighted by atomic mass is 32.2. The average molecular weight is 271 g/mol. The van der Waals surface area contributed by atoms with Crippen LogP contribution in [0.5, 0.6) is 0 Å². The third-order valence-electron chi connectivity index (χ3n) is 2.50. The van der Waals surface area contributed by atoms with Crippen molar-refractivity contribution < 1.29 is 18.3 Å². The van der Waals surface area contributed by atoms with Gasteiger partial charge in [-0.1, -0.05) is 12.1 Å². The predicted molar refractivity (Wildman–Crippen MR) is 69.4 cm³/mol. The maximum atomic E-state index is 11.0. The van der Waals surface area contributed by atoms with Crippen LogP contribution in [-0.4, -0.2) is 50.0 Å². The molecular formula is C12H17NO4S. The monoisotopic (exact) mass is 271 g/mol. The van der Waals surface area contributed by atoms with Crippen LogP contribution in [0.25, 0.3) is 0 Å². The number of hydrogen-bond acceptors (Lipinski definition) is 4.